The van der Waals surface area contributed by atoms with Crippen LogP contribution in [0.25, 0.3) is 0 Å². The Kier molecular flexibility index (Phi) is 6.39. The summed E-state index contributed by atoms with van der Waals surface area (Å²) in [6.07, 6.45) is 2.50. The molecular weight excluding hydrogens is 316 g/mol. The molecule has 134 valence electrons. The first-order valence-electron chi connectivity index (χ1n) is 8.67. The molecule has 1 aromatic carbocycles. The Morgan fingerprint density at radius 2 is 1.76 bits per heavy atom. The highest BCUT2D eigenvalue weighted by atomic mass is 16.3. The molecule has 2 aromatic rings. The minimum Gasteiger partial charge on any atom is -0.459 e. The number of amides is 2. The number of carbonyl (C=O) groups is 2. The lowest BCUT2D eigenvalue weighted by Gasteiger charge is -2.21. The molecule has 0 aliphatic carbocycles. The lowest BCUT2D eigenvalue weighted by molar-refractivity contribution is -0.118. The van der Waals surface area contributed by atoms with Crippen molar-refractivity contribution < 1.29 is 14.0 Å². The van der Waals surface area contributed by atoms with E-state index in [0.29, 0.717) is 5.92 Å². The second-order valence-corrected chi connectivity index (χ2v) is 6.59. The summed E-state index contributed by atoms with van der Waals surface area (Å²) >= 11 is 0. The maximum Gasteiger partial charge on any atom is 0.287 e. The molecule has 0 fully saturated rings. The fourth-order valence-electron chi connectivity index (χ4n) is 2.51. The Morgan fingerprint density at radius 1 is 1.08 bits per heavy atom. The third kappa shape index (κ3) is 4.95. The van der Waals surface area contributed by atoms with Crippen LogP contribution in [0, 0.1) is 5.92 Å². The number of hydrogen-bond acceptors (Lipinski definition) is 3. The van der Waals surface area contributed by atoms with Gasteiger partial charge in [-0.15, -0.1) is 0 Å². The van der Waals surface area contributed by atoms with Gasteiger partial charge in [-0.1, -0.05) is 39.8 Å². The van der Waals surface area contributed by atoms with Gasteiger partial charge in [-0.3, -0.25) is 9.59 Å². The molecular formula is C20H26N2O3. The lowest BCUT2D eigenvalue weighted by Crippen LogP contribution is -2.47. The molecule has 2 N–H and O–H groups in total. The van der Waals surface area contributed by atoms with Crippen molar-refractivity contribution in [3.05, 3.63) is 54.0 Å². The maximum absolute atomic E-state index is 12.6. The summed E-state index contributed by atoms with van der Waals surface area (Å²) in [5.74, 6) is -0.0208. The van der Waals surface area contributed by atoms with E-state index in [2.05, 4.69) is 24.5 Å². The molecule has 1 aromatic heterocycles. The van der Waals surface area contributed by atoms with Crippen LogP contribution in [0.15, 0.2) is 47.1 Å². The van der Waals surface area contributed by atoms with Crippen LogP contribution in [-0.2, 0) is 4.79 Å². The predicted octanol–water partition coefficient (Wildman–Crippen LogP) is 4.19. The van der Waals surface area contributed by atoms with Crippen molar-refractivity contribution in [1.29, 1.82) is 0 Å². The molecule has 0 saturated heterocycles. The van der Waals surface area contributed by atoms with Crippen LogP contribution < -0.4 is 10.6 Å². The normalized spacial score (nSPS) is 13.3. The topological polar surface area (TPSA) is 71.3 Å². The first-order chi connectivity index (χ1) is 11.9. The molecule has 2 atom stereocenters. The minimum absolute atomic E-state index is 0.0571. The molecule has 0 spiro atoms. The maximum atomic E-state index is 12.6. The van der Waals surface area contributed by atoms with Crippen LogP contribution in [0.1, 0.15) is 56.2 Å². The standard InChI is InChI=1S/C20H26N2O3/c1-5-14(4)15-8-10-16(11-9-15)21-20(24)18(13(2)3)22-19(23)17-7-6-12-25-17/h6-14,18H,5H2,1-4H3,(H,21,24)(H,22,23)/t14-,18-/m0/s1. The summed E-state index contributed by atoms with van der Waals surface area (Å²) in [4.78, 5) is 24.7. The predicted molar refractivity (Wildman–Crippen MR) is 98.6 cm³/mol. The second kappa shape index (κ2) is 8.51. The molecule has 2 rings (SSSR count). The minimum atomic E-state index is -0.646. The summed E-state index contributed by atoms with van der Waals surface area (Å²) in [7, 11) is 0. The van der Waals surface area contributed by atoms with E-state index in [0.717, 1.165) is 12.1 Å². The van der Waals surface area contributed by atoms with Gasteiger partial charge in [-0.05, 0) is 48.1 Å². The third-order valence-corrected chi connectivity index (χ3v) is 4.34. The fourth-order valence-corrected chi connectivity index (χ4v) is 2.51. The van der Waals surface area contributed by atoms with E-state index < -0.39 is 11.9 Å². The Labute approximate surface area is 148 Å². The van der Waals surface area contributed by atoms with Gasteiger partial charge in [0.15, 0.2) is 5.76 Å². The Hall–Kier alpha value is -2.56. The van der Waals surface area contributed by atoms with Gasteiger partial charge in [0.1, 0.15) is 6.04 Å². The number of nitrogens with one attached hydrogen (secondary N) is 2. The fraction of sp³-hybridized carbons (Fsp3) is 0.400. The van der Waals surface area contributed by atoms with Gasteiger partial charge in [0.05, 0.1) is 6.26 Å². The molecule has 2 amide bonds. The zero-order valence-electron chi connectivity index (χ0n) is 15.2. The molecule has 0 aliphatic rings. The van der Waals surface area contributed by atoms with Gasteiger partial charge in [-0.25, -0.2) is 0 Å². The van der Waals surface area contributed by atoms with Gasteiger partial charge in [-0.2, -0.15) is 0 Å². The Bertz CT molecular complexity index is 690. The largest absolute Gasteiger partial charge is 0.459 e. The number of benzene rings is 1. The lowest BCUT2D eigenvalue weighted by atomic mass is 9.98. The van der Waals surface area contributed by atoms with Gasteiger partial charge < -0.3 is 15.1 Å². The average Bonchev–Trinajstić information content (AvgIpc) is 3.13. The van der Waals surface area contributed by atoms with E-state index in [-0.39, 0.29) is 17.6 Å². The Balaban J connectivity index is 2.03. The molecule has 1 heterocycles. The Morgan fingerprint density at radius 3 is 2.28 bits per heavy atom. The zero-order chi connectivity index (χ0) is 18.4. The summed E-state index contributed by atoms with van der Waals surface area (Å²) in [5, 5.41) is 5.61. The monoisotopic (exact) mass is 342 g/mol. The highest BCUT2D eigenvalue weighted by molar-refractivity contribution is 6.00. The van der Waals surface area contributed by atoms with E-state index in [4.69, 9.17) is 4.42 Å². The van der Waals surface area contributed by atoms with E-state index in [1.807, 2.05) is 38.1 Å². The molecule has 0 unspecified atom stereocenters. The second-order valence-electron chi connectivity index (χ2n) is 6.59. The first-order valence-corrected chi connectivity index (χ1v) is 8.67. The highest BCUT2D eigenvalue weighted by Crippen LogP contribution is 2.20. The highest BCUT2D eigenvalue weighted by Gasteiger charge is 2.25. The number of carbonyl (C=O) groups excluding carboxylic acids is 2. The van der Waals surface area contributed by atoms with Crippen LogP contribution in [0.5, 0.6) is 0 Å². The third-order valence-electron chi connectivity index (χ3n) is 4.34. The summed E-state index contributed by atoms with van der Waals surface area (Å²) in [6, 6.07) is 10.4. The molecule has 0 bridgehead atoms. The SMILES string of the molecule is CC[C@H](C)c1ccc(NC(=O)[C@@H](NC(=O)c2ccco2)C(C)C)cc1. The van der Waals surface area contributed by atoms with E-state index in [1.54, 1.807) is 12.1 Å². The average molecular weight is 342 g/mol. The van der Waals surface area contributed by atoms with Crippen LogP contribution in [0.4, 0.5) is 5.69 Å². The molecule has 0 aliphatic heterocycles. The summed E-state index contributed by atoms with van der Waals surface area (Å²) < 4.78 is 5.08. The van der Waals surface area contributed by atoms with E-state index >= 15 is 0 Å². The summed E-state index contributed by atoms with van der Waals surface area (Å²) in [6.45, 7) is 8.10. The van der Waals surface area contributed by atoms with Gasteiger partial charge in [0.25, 0.3) is 5.91 Å². The van der Waals surface area contributed by atoms with E-state index in [9.17, 15) is 9.59 Å². The van der Waals surface area contributed by atoms with Crippen molar-refractivity contribution in [3.63, 3.8) is 0 Å². The van der Waals surface area contributed by atoms with Crippen molar-refractivity contribution in [2.45, 2.75) is 46.1 Å². The van der Waals surface area contributed by atoms with E-state index in [1.165, 1.54) is 11.8 Å². The van der Waals surface area contributed by atoms with Crippen molar-refractivity contribution in [3.8, 4) is 0 Å². The number of anilines is 1. The van der Waals surface area contributed by atoms with Crippen molar-refractivity contribution in [2.75, 3.05) is 5.32 Å². The van der Waals surface area contributed by atoms with Crippen LogP contribution in [0.2, 0.25) is 0 Å². The van der Waals surface area contributed by atoms with Gasteiger partial charge >= 0.3 is 0 Å². The molecule has 0 radical (unpaired) electrons. The van der Waals surface area contributed by atoms with Crippen LogP contribution in [-0.4, -0.2) is 17.9 Å². The molecule has 0 saturated carbocycles. The first kappa shape index (κ1) is 18.8. The number of rotatable bonds is 7. The van der Waals surface area contributed by atoms with Crippen molar-refractivity contribution in [1.82, 2.24) is 5.32 Å². The molecule has 5 nitrogen and oxygen atoms in total. The van der Waals surface area contributed by atoms with Gasteiger partial charge in [0.2, 0.25) is 5.91 Å². The van der Waals surface area contributed by atoms with Gasteiger partial charge in [0, 0.05) is 5.69 Å². The number of hydrogen-bond donors (Lipinski definition) is 2. The molecule has 5 heteroatoms. The van der Waals surface area contributed by atoms with Crippen molar-refractivity contribution in [2.24, 2.45) is 5.92 Å². The smallest absolute Gasteiger partial charge is 0.287 e. The number of furan rings is 1. The molecule has 25 heavy (non-hydrogen) atoms. The summed E-state index contributed by atoms with van der Waals surface area (Å²) in [5.41, 5.74) is 1.96. The van der Waals surface area contributed by atoms with Crippen LogP contribution in [0.3, 0.4) is 0 Å². The quantitative estimate of drug-likeness (QED) is 0.792. The van der Waals surface area contributed by atoms with Crippen molar-refractivity contribution >= 4 is 17.5 Å². The van der Waals surface area contributed by atoms with Crippen LogP contribution >= 0.6 is 0 Å². The zero-order valence-corrected chi connectivity index (χ0v) is 15.2.